The summed E-state index contributed by atoms with van der Waals surface area (Å²) >= 11 is 0. The van der Waals surface area contributed by atoms with E-state index in [1.165, 1.54) is 156 Å². The average molecular weight is 1620 g/mol. The quantitative estimate of drug-likeness (QED) is 0.108. The third-order valence-electron chi connectivity index (χ3n) is 17.3. The van der Waals surface area contributed by atoms with Gasteiger partial charge in [-0.25, -0.2) is 0 Å². The van der Waals surface area contributed by atoms with Crippen molar-refractivity contribution in [3.05, 3.63) is 387 Å². The summed E-state index contributed by atoms with van der Waals surface area (Å²) in [4.78, 5) is 0. The predicted molar refractivity (Wildman–Crippen MR) is 563 cm³/mol. The molecule has 0 saturated heterocycles. The van der Waals surface area contributed by atoms with Gasteiger partial charge < -0.3 is 0 Å². The summed E-state index contributed by atoms with van der Waals surface area (Å²) in [6.45, 7) is 64.3. The van der Waals surface area contributed by atoms with Crippen molar-refractivity contribution < 1.29 is 0 Å². The molecule has 15 aromatic rings. The van der Waals surface area contributed by atoms with E-state index in [-0.39, 0.29) is 0 Å². The van der Waals surface area contributed by atoms with Crippen LogP contribution in [-0.4, -0.2) is 0 Å². The SMILES string of the molecule is CC.CC.CC.CC.CC.CC.CC.CC.CC.CC.CC.CC.CC.CC.CC.Cc1cc(-c2cc(-c3ccccc3)cc(-c3ccccc3)c2)cc(-c2cc(-c3ccccc3)cc(-c3ccccc3)c2)c1.Cc1ccc(-c2cc(-c3cc(-c4ccccc4)cc(-c4ccccc4)c3)cc(-c3cc(-c4ccccc4)cc(-c4ccccc4)c3)c2)cc1. The third kappa shape index (κ3) is 35.9. The van der Waals surface area contributed by atoms with Crippen molar-refractivity contribution in [2.75, 3.05) is 0 Å². The molecule has 0 radical (unpaired) electrons. The summed E-state index contributed by atoms with van der Waals surface area (Å²) in [5.74, 6) is 0. The van der Waals surface area contributed by atoms with Gasteiger partial charge in [0.25, 0.3) is 0 Å². The summed E-state index contributed by atoms with van der Waals surface area (Å²) in [5.41, 5.74) is 33.9. The van der Waals surface area contributed by atoms with Crippen LogP contribution in [0.3, 0.4) is 0 Å². The number of benzene rings is 15. The summed E-state index contributed by atoms with van der Waals surface area (Å²) in [5, 5.41) is 0. The van der Waals surface area contributed by atoms with Crippen molar-refractivity contribution >= 4 is 0 Å². The van der Waals surface area contributed by atoms with E-state index >= 15 is 0 Å². The van der Waals surface area contributed by atoms with Gasteiger partial charge in [-0.15, -0.1) is 0 Å². The Labute approximate surface area is 748 Å². The summed E-state index contributed by atoms with van der Waals surface area (Å²) in [6, 6.07) is 136. The first kappa shape index (κ1) is 112. The highest BCUT2D eigenvalue weighted by atomic mass is 14.2. The van der Waals surface area contributed by atoms with Crippen molar-refractivity contribution in [3.63, 3.8) is 0 Å². The number of hydrogen-bond acceptors (Lipinski definition) is 0. The molecule has 0 atom stereocenters. The number of hydrogen-bond donors (Lipinski definition) is 0. The van der Waals surface area contributed by atoms with Gasteiger partial charge in [0, 0.05) is 0 Å². The summed E-state index contributed by atoms with van der Waals surface area (Å²) in [7, 11) is 0. The fourth-order valence-electron chi connectivity index (χ4n) is 12.5. The van der Waals surface area contributed by atoms with Crippen molar-refractivity contribution in [2.24, 2.45) is 0 Å². The maximum Gasteiger partial charge on any atom is -0.0171 e. The second-order valence-corrected chi connectivity index (χ2v) is 23.9. The molecular formula is C122H158. The van der Waals surface area contributed by atoms with Gasteiger partial charge in [-0.05, 0) is 261 Å². The fourth-order valence-corrected chi connectivity index (χ4v) is 12.5. The molecule has 0 nitrogen and oxygen atoms in total. The summed E-state index contributed by atoms with van der Waals surface area (Å²) in [6.07, 6.45) is 0. The zero-order chi connectivity index (χ0) is 92.0. The van der Waals surface area contributed by atoms with E-state index in [1.54, 1.807) is 0 Å². The zero-order valence-electron chi connectivity index (χ0n) is 81.8. The topological polar surface area (TPSA) is 0 Å². The molecule has 646 valence electrons. The van der Waals surface area contributed by atoms with E-state index in [1.807, 2.05) is 208 Å². The van der Waals surface area contributed by atoms with Gasteiger partial charge in [-0.1, -0.05) is 492 Å². The van der Waals surface area contributed by atoms with E-state index in [2.05, 4.69) is 390 Å². The number of aryl methyl sites for hydroxylation is 2. The minimum atomic E-state index is 1.19. The summed E-state index contributed by atoms with van der Waals surface area (Å²) < 4.78 is 0. The van der Waals surface area contributed by atoms with Crippen LogP contribution in [0, 0.1) is 13.8 Å². The highest BCUT2D eigenvalue weighted by molar-refractivity contribution is 5.90. The molecule has 0 aliphatic carbocycles. The lowest BCUT2D eigenvalue weighted by Crippen LogP contribution is -1.90. The van der Waals surface area contributed by atoms with Crippen molar-refractivity contribution in [2.45, 2.75) is 222 Å². The van der Waals surface area contributed by atoms with Gasteiger partial charge in [0.15, 0.2) is 0 Å². The molecule has 0 amide bonds. The molecule has 0 fully saturated rings. The Hall–Kier alpha value is -11.7. The van der Waals surface area contributed by atoms with Crippen LogP contribution in [-0.2, 0) is 0 Å². The van der Waals surface area contributed by atoms with E-state index in [0.717, 1.165) is 0 Å². The lowest BCUT2D eigenvalue weighted by atomic mass is 9.88. The smallest absolute Gasteiger partial charge is 0.0171 e. The largest absolute Gasteiger partial charge is 0.0683 e. The first-order chi connectivity index (χ1) is 60.3. The second kappa shape index (κ2) is 71.1. The van der Waals surface area contributed by atoms with Crippen LogP contribution in [0.1, 0.15) is 219 Å². The molecule has 15 aromatic carbocycles. The highest BCUT2D eigenvalue weighted by Crippen LogP contribution is 2.42. The van der Waals surface area contributed by atoms with E-state index in [4.69, 9.17) is 0 Å². The molecule has 0 heterocycles. The van der Waals surface area contributed by atoms with Gasteiger partial charge in [0.2, 0.25) is 0 Å². The Kier molecular flexibility index (Phi) is 65.5. The molecule has 15 rings (SSSR count). The molecule has 0 aromatic heterocycles. The lowest BCUT2D eigenvalue weighted by molar-refractivity contribution is 1.45. The van der Waals surface area contributed by atoms with Crippen LogP contribution in [0.4, 0.5) is 0 Å². The normalized spacial score (nSPS) is 8.98. The Morgan fingerprint density at radius 2 is 0.172 bits per heavy atom. The highest BCUT2D eigenvalue weighted by Gasteiger charge is 2.16. The molecule has 0 bridgehead atoms. The van der Waals surface area contributed by atoms with Crippen LogP contribution in [0.15, 0.2) is 376 Å². The Morgan fingerprint density at radius 1 is 0.0820 bits per heavy atom. The van der Waals surface area contributed by atoms with Gasteiger partial charge in [-0.2, -0.15) is 0 Å². The maximum atomic E-state index is 2.37. The van der Waals surface area contributed by atoms with Gasteiger partial charge >= 0.3 is 0 Å². The molecule has 0 aliphatic rings. The fraction of sp³-hybridized carbons (Fsp3) is 0.262. The van der Waals surface area contributed by atoms with E-state index < -0.39 is 0 Å². The first-order valence-corrected chi connectivity index (χ1v) is 46.7. The second-order valence-electron chi connectivity index (χ2n) is 23.9. The Morgan fingerprint density at radius 3 is 0.287 bits per heavy atom. The van der Waals surface area contributed by atoms with E-state index in [0.29, 0.717) is 0 Å². The van der Waals surface area contributed by atoms with Crippen LogP contribution in [0.5, 0.6) is 0 Å². The zero-order valence-corrected chi connectivity index (χ0v) is 81.8. The first-order valence-electron chi connectivity index (χ1n) is 46.7. The predicted octanol–water partition coefficient (Wildman–Crippen LogP) is 41.1. The van der Waals surface area contributed by atoms with Crippen molar-refractivity contribution in [1.29, 1.82) is 0 Å². The molecule has 0 N–H and O–H groups in total. The van der Waals surface area contributed by atoms with Crippen LogP contribution < -0.4 is 0 Å². The van der Waals surface area contributed by atoms with Crippen LogP contribution in [0.2, 0.25) is 0 Å². The third-order valence-corrected chi connectivity index (χ3v) is 17.3. The molecule has 0 aliphatic heterocycles. The lowest BCUT2D eigenvalue weighted by Gasteiger charge is -2.16. The molecular weight excluding hydrogens is 1470 g/mol. The average Bonchev–Trinajstić information content (AvgIpc) is 0.794. The van der Waals surface area contributed by atoms with Crippen LogP contribution >= 0.6 is 0 Å². The van der Waals surface area contributed by atoms with Gasteiger partial charge in [-0.3, -0.25) is 0 Å². The van der Waals surface area contributed by atoms with Gasteiger partial charge in [0.05, 0.1) is 0 Å². The minimum absolute atomic E-state index is 1.19. The van der Waals surface area contributed by atoms with Crippen molar-refractivity contribution in [1.82, 2.24) is 0 Å². The monoisotopic (exact) mass is 1620 g/mol. The molecule has 0 spiro atoms. The Bertz CT molecular complexity index is 4440. The Balaban J connectivity index is 0. The van der Waals surface area contributed by atoms with Gasteiger partial charge in [0.1, 0.15) is 0 Å². The molecule has 0 saturated carbocycles. The molecule has 0 unspecified atom stereocenters. The van der Waals surface area contributed by atoms with E-state index in [9.17, 15) is 0 Å². The van der Waals surface area contributed by atoms with Crippen molar-refractivity contribution in [3.8, 4) is 145 Å². The maximum absolute atomic E-state index is 2.37. The molecule has 0 heteroatoms. The minimum Gasteiger partial charge on any atom is -0.0683 e. The molecule has 122 heavy (non-hydrogen) atoms. The van der Waals surface area contributed by atoms with Crippen LogP contribution in [0.25, 0.3) is 145 Å². The standard InChI is InChI=1S/C49H36.C43H32.15C2H6/c1-35-22-24-40(25-23-35)45-32-48(46-28-41(36-14-6-2-7-15-36)26-42(29-46)37-16-8-3-9-17-37)34-49(33-45)47-30-43(38-18-10-4-11-19-38)27-44(31-47)39-20-12-5-13-21-39;1-31-22-36(42-27-38(32-14-6-2-7-15-32)25-39(28-42)33-16-8-3-9-17-33)24-37(23-31)43-29-40(34-18-10-4-11-19-34)26-41(30-43)35-20-12-5-13-21-35;15*1-2/h2-34H,1H3;2-30H,1H3;15*1-2H3. The number of rotatable bonds is 13.